The molecule has 1 atom stereocenters. The summed E-state index contributed by atoms with van der Waals surface area (Å²) in [6, 6.07) is 9.41. The van der Waals surface area contributed by atoms with E-state index < -0.39 is 5.97 Å². The molecular weight excluding hydrogens is 308 g/mol. The summed E-state index contributed by atoms with van der Waals surface area (Å²) in [5.41, 5.74) is 0.812. The Labute approximate surface area is 140 Å². The quantitative estimate of drug-likeness (QED) is 0.872. The number of piperidine rings is 1. The number of para-hydroxylation sites is 2. The van der Waals surface area contributed by atoms with Crippen LogP contribution in [0.5, 0.6) is 5.75 Å². The summed E-state index contributed by atoms with van der Waals surface area (Å²) >= 11 is 0. The largest absolute Gasteiger partial charge is 0.495 e. The lowest BCUT2D eigenvalue weighted by Gasteiger charge is -2.31. The van der Waals surface area contributed by atoms with Gasteiger partial charge in [-0.25, -0.2) is 9.97 Å². The Morgan fingerprint density at radius 3 is 3.00 bits per heavy atom. The van der Waals surface area contributed by atoms with Gasteiger partial charge in [-0.15, -0.1) is 0 Å². The Balaban J connectivity index is 1.78. The summed E-state index contributed by atoms with van der Waals surface area (Å²) in [6.45, 7) is 1.27. The molecule has 2 aromatic rings. The van der Waals surface area contributed by atoms with E-state index in [0.717, 1.165) is 30.2 Å². The van der Waals surface area contributed by atoms with Crippen molar-refractivity contribution in [1.29, 1.82) is 0 Å². The molecule has 0 unspecified atom stereocenters. The van der Waals surface area contributed by atoms with Gasteiger partial charge >= 0.3 is 5.97 Å². The van der Waals surface area contributed by atoms with Crippen LogP contribution in [-0.4, -0.2) is 41.2 Å². The fourth-order valence-electron chi connectivity index (χ4n) is 2.86. The molecule has 126 valence electrons. The standard InChI is InChI=1S/C17H20N4O3/c1-24-14-7-3-2-6-13(14)20-15-9-16(19-11-18-15)21-8-4-5-12(10-21)17(22)23/h2-3,6-7,9,11-12H,4-5,8,10H2,1H3,(H,22,23)(H,18,19,20)/t12-/m1/s1. The lowest BCUT2D eigenvalue weighted by atomic mass is 9.98. The average Bonchev–Trinajstić information content (AvgIpc) is 2.62. The maximum absolute atomic E-state index is 11.2. The Morgan fingerprint density at radius 1 is 1.38 bits per heavy atom. The van der Waals surface area contributed by atoms with E-state index in [9.17, 15) is 9.90 Å². The lowest BCUT2D eigenvalue weighted by Crippen LogP contribution is -2.39. The molecule has 24 heavy (non-hydrogen) atoms. The van der Waals surface area contributed by atoms with Crippen molar-refractivity contribution in [3.63, 3.8) is 0 Å². The van der Waals surface area contributed by atoms with Crippen molar-refractivity contribution in [2.75, 3.05) is 30.4 Å². The second-order valence-electron chi connectivity index (χ2n) is 5.71. The van der Waals surface area contributed by atoms with Crippen molar-refractivity contribution in [3.8, 4) is 5.75 Å². The fraction of sp³-hybridized carbons (Fsp3) is 0.353. The van der Waals surface area contributed by atoms with Gasteiger partial charge in [0.15, 0.2) is 0 Å². The third-order valence-corrected chi connectivity index (χ3v) is 4.12. The van der Waals surface area contributed by atoms with Gasteiger partial charge in [0.2, 0.25) is 0 Å². The zero-order chi connectivity index (χ0) is 16.9. The van der Waals surface area contributed by atoms with Gasteiger partial charge in [-0.2, -0.15) is 0 Å². The number of aliphatic carboxylic acids is 1. The summed E-state index contributed by atoms with van der Waals surface area (Å²) in [4.78, 5) is 21.8. The number of carboxylic acids is 1. The first kappa shape index (κ1) is 16.0. The minimum atomic E-state index is -0.749. The number of methoxy groups -OCH3 is 1. The molecule has 2 N–H and O–H groups in total. The smallest absolute Gasteiger partial charge is 0.308 e. The van der Waals surface area contributed by atoms with Crippen molar-refractivity contribution < 1.29 is 14.6 Å². The minimum Gasteiger partial charge on any atom is -0.495 e. The number of hydrogen-bond donors (Lipinski definition) is 2. The molecule has 0 bridgehead atoms. The van der Waals surface area contributed by atoms with Gasteiger partial charge in [-0.05, 0) is 25.0 Å². The summed E-state index contributed by atoms with van der Waals surface area (Å²) in [6.07, 6.45) is 3.04. The van der Waals surface area contributed by atoms with Gasteiger partial charge in [0.1, 0.15) is 23.7 Å². The van der Waals surface area contributed by atoms with E-state index in [0.29, 0.717) is 18.8 Å². The van der Waals surface area contributed by atoms with E-state index in [1.165, 1.54) is 6.33 Å². The molecule has 3 rings (SSSR count). The third-order valence-electron chi connectivity index (χ3n) is 4.12. The Morgan fingerprint density at radius 2 is 2.21 bits per heavy atom. The van der Waals surface area contributed by atoms with E-state index >= 15 is 0 Å². The van der Waals surface area contributed by atoms with Crippen molar-refractivity contribution in [2.45, 2.75) is 12.8 Å². The number of nitrogens with zero attached hydrogens (tertiary/aromatic N) is 3. The molecule has 0 saturated carbocycles. The van der Waals surface area contributed by atoms with Gasteiger partial charge in [0, 0.05) is 19.2 Å². The number of rotatable bonds is 5. The summed E-state index contributed by atoms with van der Waals surface area (Å²) in [7, 11) is 1.62. The zero-order valence-electron chi connectivity index (χ0n) is 13.5. The van der Waals surface area contributed by atoms with Crippen LogP contribution < -0.4 is 15.0 Å². The van der Waals surface area contributed by atoms with Gasteiger partial charge < -0.3 is 20.1 Å². The van der Waals surface area contributed by atoms with Crippen LogP contribution in [0.1, 0.15) is 12.8 Å². The SMILES string of the molecule is COc1ccccc1Nc1cc(N2CCC[C@@H](C(=O)O)C2)ncn1. The molecule has 0 aliphatic carbocycles. The molecule has 1 aliphatic rings. The van der Waals surface area contributed by atoms with Gasteiger partial charge in [0.25, 0.3) is 0 Å². The maximum atomic E-state index is 11.2. The molecule has 0 radical (unpaired) electrons. The normalized spacial score (nSPS) is 17.4. The average molecular weight is 328 g/mol. The van der Waals surface area contributed by atoms with Gasteiger partial charge in [-0.3, -0.25) is 4.79 Å². The number of anilines is 3. The molecule has 1 aliphatic heterocycles. The topological polar surface area (TPSA) is 87.6 Å². The Kier molecular flexibility index (Phi) is 4.79. The highest BCUT2D eigenvalue weighted by Crippen LogP contribution is 2.28. The Hall–Kier alpha value is -2.83. The van der Waals surface area contributed by atoms with Crippen molar-refractivity contribution in [2.24, 2.45) is 5.92 Å². The van der Waals surface area contributed by atoms with Crippen molar-refractivity contribution in [1.82, 2.24) is 9.97 Å². The van der Waals surface area contributed by atoms with Crippen LogP contribution in [0.25, 0.3) is 0 Å². The van der Waals surface area contributed by atoms with Crippen LogP contribution >= 0.6 is 0 Å². The van der Waals surface area contributed by atoms with Crippen LogP contribution in [0.15, 0.2) is 36.7 Å². The first-order valence-corrected chi connectivity index (χ1v) is 7.87. The van der Waals surface area contributed by atoms with Crippen LogP contribution in [-0.2, 0) is 4.79 Å². The van der Waals surface area contributed by atoms with Crippen molar-refractivity contribution in [3.05, 3.63) is 36.7 Å². The highest BCUT2D eigenvalue weighted by atomic mass is 16.5. The predicted octanol–water partition coefficient (Wildman–Crippen LogP) is 2.53. The molecule has 1 saturated heterocycles. The predicted molar refractivity (Wildman–Crippen MR) is 90.9 cm³/mol. The van der Waals surface area contributed by atoms with Crippen molar-refractivity contribution >= 4 is 23.3 Å². The number of hydrogen-bond acceptors (Lipinski definition) is 6. The zero-order valence-corrected chi connectivity index (χ0v) is 13.5. The molecule has 7 heteroatoms. The molecule has 1 fully saturated rings. The number of carboxylic acid groups (broad SMARTS) is 1. The fourth-order valence-corrected chi connectivity index (χ4v) is 2.86. The third kappa shape index (κ3) is 3.56. The number of aromatic nitrogens is 2. The second-order valence-corrected chi connectivity index (χ2v) is 5.71. The molecule has 2 heterocycles. The van der Waals surface area contributed by atoms with Gasteiger partial charge in [0.05, 0.1) is 18.7 Å². The van der Waals surface area contributed by atoms with Crippen LogP contribution in [0.2, 0.25) is 0 Å². The highest BCUT2D eigenvalue weighted by Gasteiger charge is 2.26. The first-order chi connectivity index (χ1) is 11.7. The van der Waals surface area contributed by atoms with E-state index in [4.69, 9.17) is 4.74 Å². The first-order valence-electron chi connectivity index (χ1n) is 7.87. The molecule has 0 spiro atoms. The van der Waals surface area contributed by atoms with E-state index in [2.05, 4.69) is 15.3 Å². The number of benzene rings is 1. The van der Waals surface area contributed by atoms with E-state index in [1.807, 2.05) is 35.2 Å². The monoisotopic (exact) mass is 328 g/mol. The number of nitrogens with one attached hydrogen (secondary N) is 1. The summed E-state index contributed by atoms with van der Waals surface area (Å²) < 4.78 is 5.32. The summed E-state index contributed by atoms with van der Waals surface area (Å²) in [5, 5.41) is 12.4. The number of ether oxygens (including phenoxy) is 1. The van der Waals surface area contributed by atoms with E-state index in [1.54, 1.807) is 7.11 Å². The second kappa shape index (κ2) is 7.16. The summed E-state index contributed by atoms with van der Waals surface area (Å²) in [5.74, 6) is 0.998. The van der Waals surface area contributed by atoms with Crippen LogP contribution in [0, 0.1) is 5.92 Å². The molecule has 1 aromatic carbocycles. The Bertz CT molecular complexity index is 722. The molecule has 0 amide bonds. The number of carbonyl (C=O) groups is 1. The molecule has 7 nitrogen and oxygen atoms in total. The minimum absolute atomic E-state index is 0.348. The lowest BCUT2D eigenvalue weighted by molar-refractivity contribution is -0.141. The maximum Gasteiger partial charge on any atom is 0.308 e. The molecular formula is C17H20N4O3. The highest BCUT2D eigenvalue weighted by molar-refractivity contribution is 5.71. The van der Waals surface area contributed by atoms with Crippen LogP contribution in [0.4, 0.5) is 17.3 Å². The molecule has 1 aromatic heterocycles. The van der Waals surface area contributed by atoms with Gasteiger partial charge in [-0.1, -0.05) is 12.1 Å². The van der Waals surface area contributed by atoms with Crippen LogP contribution in [0.3, 0.4) is 0 Å². The van der Waals surface area contributed by atoms with E-state index in [-0.39, 0.29) is 5.92 Å².